The van der Waals surface area contributed by atoms with Crippen molar-refractivity contribution in [3.05, 3.63) is 93.5 Å². The van der Waals surface area contributed by atoms with Crippen molar-refractivity contribution < 1.29 is 4.79 Å². The standard InChI is InChI=1S/C26H21N3OS2/c1-16-9-11-17(12-10-16)20-14-21(18-6-3-2-4-7-18)29-26-22(20)23(27)24(32-26)25(30)28-15-19-8-5-13-31-19/h2-14H,15,27H2,1H3,(H,28,30). The van der Waals surface area contributed by atoms with Crippen molar-refractivity contribution in [3.63, 3.8) is 0 Å². The van der Waals surface area contributed by atoms with E-state index in [0.29, 0.717) is 17.1 Å². The number of aromatic nitrogens is 1. The second-order valence-electron chi connectivity index (χ2n) is 7.57. The molecule has 158 valence electrons. The van der Waals surface area contributed by atoms with Crippen molar-refractivity contribution in [2.24, 2.45) is 0 Å². The van der Waals surface area contributed by atoms with Crippen LogP contribution in [0, 0.1) is 6.92 Å². The van der Waals surface area contributed by atoms with Gasteiger partial charge in [-0.25, -0.2) is 4.98 Å². The zero-order valence-electron chi connectivity index (χ0n) is 17.5. The molecule has 0 aliphatic carbocycles. The maximum absolute atomic E-state index is 13.0. The summed E-state index contributed by atoms with van der Waals surface area (Å²) >= 11 is 2.96. The highest BCUT2D eigenvalue weighted by Gasteiger charge is 2.21. The molecule has 0 saturated heterocycles. The fraction of sp³-hybridized carbons (Fsp3) is 0.0769. The predicted molar refractivity (Wildman–Crippen MR) is 135 cm³/mol. The number of aryl methyl sites for hydroxylation is 1. The fourth-order valence-corrected chi connectivity index (χ4v) is 5.35. The first-order valence-electron chi connectivity index (χ1n) is 10.3. The van der Waals surface area contributed by atoms with E-state index in [4.69, 9.17) is 10.7 Å². The maximum Gasteiger partial charge on any atom is 0.263 e. The molecule has 3 heterocycles. The number of nitrogen functional groups attached to an aromatic ring is 1. The van der Waals surface area contributed by atoms with E-state index in [1.54, 1.807) is 11.3 Å². The number of rotatable bonds is 5. The summed E-state index contributed by atoms with van der Waals surface area (Å²) in [5.41, 5.74) is 12.2. The molecule has 0 aliphatic rings. The summed E-state index contributed by atoms with van der Waals surface area (Å²) in [7, 11) is 0. The zero-order valence-corrected chi connectivity index (χ0v) is 19.1. The topological polar surface area (TPSA) is 68.0 Å². The molecule has 4 nitrogen and oxygen atoms in total. The van der Waals surface area contributed by atoms with Gasteiger partial charge in [-0.1, -0.05) is 66.2 Å². The molecule has 0 aliphatic heterocycles. The third kappa shape index (κ3) is 3.90. The molecular formula is C26H21N3OS2. The second-order valence-corrected chi connectivity index (χ2v) is 9.61. The van der Waals surface area contributed by atoms with E-state index in [1.165, 1.54) is 16.9 Å². The van der Waals surface area contributed by atoms with Crippen molar-refractivity contribution in [2.45, 2.75) is 13.5 Å². The zero-order chi connectivity index (χ0) is 22.1. The van der Waals surface area contributed by atoms with Gasteiger partial charge in [0.25, 0.3) is 5.91 Å². The Morgan fingerprint density at radius 2 is 1.78 bits per heavy atom. The van der Waals surface area contributed by atoms with Gasteiger partial charge < -0.3 is 11.1 Å². The lowest BCUT2D eigenvalue weighted by atomic mass is 9.99. The minimum absolute atomic E-state index is 0.171. The Morgan fingerprint density at radius 1 is 1.00 bits per heavy atom. The van der Waals surface area contributed by atoms with Crippen molar-refractivity contribution in [1.82, 2.24) is 10.3 Å². The van der Waals surface area contributed by atoms with Gasteiger partial charge in [0.1, 0.15) is 9.71 Å². The van der Waals surface area contributed by atoms with Crippen LogP contribution in [0.25, 0.3) is 32.6 Å². The van der Waals surface area contributed by atoms with Crippen LogP contribution in [0.15, 0.2) is 78.2 Å². The Hall–Kier alpha value is -3.48. The molecule has 32 heavy (non-hydrogen) atoms. The van der Waals surface area contributed by atoms with Crippen LogP contribution in [-0.2, 0) is 6.54 Å². The lowest BCUT2D eigenvalue weighted by molar-refractivity contribution is 0.0956. The molecule has 0 radical (unpaired) electrons. The first kappa shape index (κ1) is 20.4. The van der Waals surface area contributed by atoms with Crippen LogP contribution in [0.1, 0.15) is 20.1 Å². The van der Waals surface area contributed by atoms with E-state index >= 15 is 0 Å². The Balaban J connectivity index is 1.63. The number of carbonyl (C=O) groups is 1. The summed E-state index contributed by atoms with van der Waals surface area (Å²) in [6.07, 6.45) is 0. The molecule has 0 spiro atoms. The van der Waals surface area contributed by atoms with Gasteiger partial charge in [0, 0.05) is 15.8 Å². The molecule has 1 amide bonds. The van der Waals surface area contributed by atoms with Gasteiger partial charge in [0.15, 0.2) is 0 Å². The quantitative estimate of drug-likeness (QED) is 0.317. The van der Waals surface area contributed by atoms with Crippen LogP contribution in [0.4, 0.5) is 5.69 Å². The number of pyridine rings is 1. The van der Waals surface area contributed by atoms with Crippen molar-refractivity contribution in [2.75, 3.05) is 5.73 Å². The van der Waals surface area contributed by atoms with Gasteiger partial charge in [-0.15, -0.1) is 22.7 Å². The minimum atomic E-state index is -0.171. The summed E-state index contributed by atoms with van der Waals surface area (Å²) in [6, 6.07) is 24.5. The van der Waals surface area contributed by atoms with Crippen LogP contribution in [0.3, 0.4) is 0 Å². The van der Waals surface area contributed by atoms with Crippen LogP contribution in [0.5, 0.6) is 0 Å². The molecule has 6 heteroatoms. The molecule has 2 aromatic carbocycles. The number of amides is 1. The highest BCUT2D eigenvalue weighted by molar-refractivity contribution is 7.21. The second kappa shape index (κ2) is 8.57. The third-order valence-corrected chi connectivity index (χ3v) is 7.32. The molecule has 0 fully saturated rings. The number of carbonyl (C=O) groups excluding carboxylic acids is 1. The summed E-state index contributed by atoms with van der Waals surface area (Å²) in [5, 5.41) is 5.82. The number of nitrogens with one attached hydrogen (secondary N) is 1. The molecule has 0 unspecified atom stereocenters. The normalized spacial score (nSPS) is 11.0. The predicted octanol–water partition coefficient (Wildman–Crippen LogP) is 6.51. The third-order valence-electron chi connectivity index (χ3n) is 5.34. The monoisotopic (exact) mass is 455 g/mol. The minimum Gasteiger partial charge on any atom is -0.397 e. The number of benzene rings is 2. The Kier molecular flexibility index (Phi) is 5.47. The number of hydrogen-bond donors (Lipinski definition) is 2. The summed E-state index contributed by atoms with van der Waals surface area (Å²) in [6.45, 7) is 2.55. The highest BCUT2D eigenvalue weighted by Crippen LogP contribution is 2.41. The molecule has 0 atom stereocenters. The smallest absolute Gasteiger partial charge is 0.263 e. The first-order valence-corrected chi connectivity index (χ1v) is 12.0. The summed E-state index contributed by atoms with van der Waals surface area (Å²) < 4.78 is 0. The van der Waals surface area contributed by atoms with Gasteiger partial charge in [-0.3, -0.25) is 4.79 Å². The molecule has 0 bridgehead atoms. The van der Waals surface area contributed by atoms with Crippen molar-refractivity contribution in [1.29, 1.82) is 0 Å². The average Bonchev–Trinajstić information content (AvgIpc) is 3.46. The van der Waals surface area contributed by atoms with Crippen molar-refractivity contribution in [3.8, 4) is 22.4 Å². The van der Waals surface area contributed by atoms with E-state index in [1.807, 2.05) is 47.8 Å². The van der Waals surface area contributed by atoms with E-state index < -0.39 is 0 Å². The molecule has 5 aromatic rings. The van der Waals surface area contributed by atoms with Crippen LogP contribution in [-0.4, -0.2) is 10.9 Å². The molecular weight excluding hydrogens is 434 g/mol. The van der Waals surface area contributed by atoms with Gasteiger partial charge in [0.05, 0.1) is 17.9 Å². The van der Waals surface area contributed by atoms with Gasteiger partial charge in [-0.2, -0.15) is 0 Å². The summed E-state index contributed by atoms with van der Waals surface area (Å²) in [5.74, 6) is -0.171. The van der Waals surface area contributed by atoms with E-state index in [2.05, 4.69) is 42.6 Å². The number of nitrogens with two attached hydrogens (primary N) is 1. The number of anilines is 1. The maximum atomic E-state index is 13.0. The number of fused-ring (bicyclic) bond motifs is 1. The van der Waals surface area contributed by atoms with E-state index in [9.17, 15) is 4.79 Å². The number of nitrogens with zero attached hydrogens (tertiary/aromatic N) is 1. The fourth-order valence-electron chi connectivity index (χ4n) is 3.67. The van der Waals surface area contributed by atoms with Crippen LogP contribution in [0.2, 0.25) is 0 Å². The largest absolute Gasteiger partial charge is 0.397 e. The molecule has 0 saturated carbocycles. The Labute approximate surface area is 194 Å². The Bertz CT molecular complexity index is 1390. The van der Waals surface area contributed by atoms with Crippen LogP contribution < -0.4 is 11.1 Å². The van der Waals surface area contributed by atoms with Gasteiger partial charge in [-0.05, 0) is 35.6 Å². The number of thiophene rings is 2. The van der Waals surface area contributed by atoms with Crippen molar-refractivity contribution >= 4 is 44.5 Å². The lowest BCUT2D eigenvalue weighted by Crippen LogP contribution is -2.22. The van der Waals surface area contributed by atoms with E-state index in [0.717, 1.165) is 37.5 Å². The van der Waals surface area contributed by atoms with E-state index in [-0.39, 0.29) is 5.91 Å². The SMILES string of the molecule is Cc1ccc(-c2cc(-c3ccccc3)nc3sc(C(=O)NCc4cccs4)c(N)c23)cc1. The molecule has 5 rings (SSSR count). The first-order chi connectivity index (χ1) is 15.6. The molecule has 3 aromatic heterocycles. The van der Waals surface area contributed by atoms with Gasteiger partial charge >= 0.3 is 0 Å². The molecule has 3 N–H and O–H groups in total. The number of hydrogen-bond acceptors (Lipinski definition) is 5. The van der Waals surface area contributed by atoms with Crippen LogP contribution >= 0.6 is 22.7 Å². The average molecular weight is 456 g/mol. The Morgan fingerprint density at radius 3 is 2.50 bits per heavy atom. The lowest BCUT2D eigenvalue weighted by Gasteiger charge is -2.09. The van der Waals surface area contributed by atoms with Gasteiger partial charge in [0.2, 0.25) is 0 Å². The summed E-state index contributed by atoms with van der Waals surface area (Å²) in [4.78, 5) is 20.2. The highest BCUT2D eigenvalue weighted by atomic mass is 32.1.